The van der Waals surface area contributed by atoms with Crippen LogP contribution in [0.5, 0.6) is 11.5 Å². The van der Waals surface area contributed by atoms with Gasteiger partial charge in [-0.05, 0) is 86.1 Å². The third-order valence-corrected chi connectivity index (χ3v) is 10.3. The smallest absolute Gasteiger partial charge is 0.178 e. The molecule has 7 aromatic carbocycles. The Morgan fingerprint density at radius 2 is 1.25 bits per heavy atom. The average molecular weight is 619 g/mol. The summed E-state index contributed by atoms with van der Waals surface area (Å²) in [6, 6.07) is 45.3. The van der Waals surface area contributed by atoms with Gasteiger partial charge in [0.05, 0.1) is 0 Å². The SMILES string of the molecule is C=Cc1c(/C=C(\C)c2cccc(-c3ccc4c(c3)Oc3c(ccc5c3oc3ccccc35)C4(C)C)c2)c2ccccc2c2ccccc12. The number of hydrogen-bond donors (Lipinski definition) is 0. The Kier molecular flexibility index (Phi) is 6.26. The van der Waals surface area contributed by atoms with Gasteiger partial charge >= 0.3 is 0 Å². The van der Waals surface area contributed by atoms with Gasteiger partial charge in [0, 0.05) is 27.3 Å². The third-order valence-electron chi connectivity index (χ3n) is 10.3. The highest BCUT2D eigenvalue weighted by molar-refractivity contribution is 6.15. The van der Waals surface area contributed by atoms with Crippen LogP contribution in [0.2, 0.25) is 0 Å². The average Bonchev–Trinajstić information content (AvgIpc) is 3.51. The van der Waals surface area contributed by atoms with Crippen LogP contribution in [0.4, 0.5) is 0 Å². The van der Waals surface area contributed by atoms with Crippen molar-refractivity contribution in [3.8, 4) is 22.6 Å². The number of fused-ring (bicyclic) bond motifs is 9. The molecule has 0 fully saturated rings. The molecular weight excluding hydrogens is 585 g/mol. The van der Waals surface area contributed by atoms with Crippen molar-refractivity contribution >= 4 is 61.2 Å². The normalized spacial score (nSPS) is 13.9. The molecule has 0 N–H and O–H groups in total. The molecule has 0 spiro atoms. The molecule has 1 aliphatic heterocycles. The van der Waals surface area contributed by atoms with Gasteiger partial charge < -0.3 is 9.15 Å². The zero-order valence-corrected chi connectivity index (χ0v) is 27.3. The monoisotopic (exact) mass is 618 g/mol. The number of allylic oxidation sites excluding steroid dienone is 1. The third kappa shape index (κ3) is 4.19. The van der Waals surface area contributed by atoms with Gasteiger partial charge in [0.15, 0.2) is 11.3 Å². The molecule has 0 saturated heterocycles. The van der Waals surface area contributed by atoms with Crippen LogP contribution >= 0.6 is 0 Å². The number of para-hydroxylation sites is 1. The lowest BCUT2D eigenvalue weighted by atomic mass is 9.75. The van der Waals surface area contributed by atoms with E-state index in [-0.39, 0.29) is 5.41 Å². The first kappa shape index (κ1) is 28.4. The van der Waals surface area contributed by atoms with E-state index in [1.807, 2.05) is 18.2 Å². The molecule has 0 unspecified atom stereocenters. The van der Waals surface area contributed by atoms with Gasteiger partial charge in [0.2, 0.25) is 0 Å². The topological polar surface area (TPSA) is 22.4 Å². The number of rotatable bonds is 4. The molecule has 9 rings (SSSR count). The van der Waals surface area contributed by atoms with E-state index in [2.05, 4.69) is 149 Å². The lowest BCUT2D eigenvalue weighted by Crippen LogP contribution is -2.24. The number of furan rings is 1. The lowest BCUT2D eigenvalue weighted by Gasteiger charge is -2.34. The van der Waals surface area contributed by atoms with Crippen LogP contribution in [0.1, 0.15) is 48.6 Å². The summed E-state index contributed by atoms with van der Waals surface area (Å²) in [6.45, 7) is 11.0. The molecule has 0 aliphatic carbocycles. The summed E-state index contributed by atoms with van der Waals surface area (Å²) in [5, 5.41) is 7.14. The van der Waals surface area contributed by atoms with Crippen LogP contribution in [0.3, 0.4) is 0 Å². The second-order valence-electron chi connectivity index (χ2n) is 13.4. The summed E-state index contributed by atoms with van der Waals surface area (Å²) in [5.41, 5.74) is 10.7. The van der Waals surface area contributed by atoms with Crippen LogP contribution in [-0.2, 0) is 5.41 Å². The summed E-state index contributed by atoms with van der Waals surface area (Å²) in [4.78, 5) is 0. The van der Waals surface area contributed by atoms with Gasteiger partial charge in [-0.25, -0.2) is 0 Å². The molecule has 8 aromatic rings. The zero-order valence-electron chi connectivity index (χ0n) is 27.3. The fourth-order valence-electron chi connectivity index (χ4n) is 7.73. The minimum atomic E-state index is -0.249. The second kappa shape index (κ2) is 10.6. The summed E-state index contributed by atoms with van der Waals surface area (Å²) < 4.78 is 13.2. The van der Waals surface area contributed by atoms with E-state index in [1.54, 1.807) is 0 Å². The summed E-state index contributed by atoms with van der Waals surface area (Å²) in [5.74, 6) is 1.68. The highest BCUT2D eigenvalue weighted by atomic mass is 16.5. The molecule has 0 amide bonds. The van der Waals surface area contributed by atoms with Crippen molar-refractivity contribution in [1.82, 2.24) is 0 Å². The molecule has 48 heavy (non-hydrogen) atoms. The molecule has 0 atom stereocenters. The highest BCUT2D eigenvalue weighted by Gasteiger charge is 2.36. The Morgan fingerprint density at radius 3 is 2.00 bits per heavy atom. The van der Waals surface area contributed by atoms with E-state index in [4.69, 9.17) is 9.15 Å². The van der Waals surface area contributed by atoms with E-state index < -0.39 is 0 Å². The number of hydrogen-bond acceptors (Lipinski definition) is 2. The van der Waals surface area contributed by atoms with Gasteiger partial charge in [-0.1, -0.05) is 136 Å². The molecule has 1 aliphatic rings. The van der Waals surface area contributed by atoms with Crippen molar-refractivity contribution in [1.29, 1.82) is 0 Å². The van der Waals surface area contributed by atoms with Gasteiger partial charge in [0.1, 0.15) is 11.3 Å². The molecule has 0 bridgehead atoms. The second-order valence-corrected chi connectivity index (χ2v) is 13.4. The highest BCUT2D eigenvalue weighted by Crippen LogP contribution is 2.52. The van der Waals surface area contributed by atoms with Crippen molar-refractivity contribution in [3.05, 3.63) is 162 Å². The standard InChI is InChI=1S/C46H34O2/c1-5-32-33-15-6-7-16-34(33)35-17-8-9-18-36(35)39(32)25-28(2)29-13-12-14-30(26-29)31-21-23-40-43(27-31)48-45-41(46(40,3)4)24-22-38-37-19-10-11-20-42(37)47-44(38)45/h5-27H,1H2,2-4H3/b28-25+. The minimum absolute atomic E-state index is 0.249. The predicted octanol–water partition coefficient (Wildman–Crippen LogP) is 13.2. The number of benzene rings is 7. The molecule has 2 heterocycles. The Bertz CT molecular complexity index is 2650. The summed E-state index contributed by atoms with van der Waals surface area (Å²) >= 11 is 0. The summed E-state index contributed by atoms with van der Waals surface area (Å²) in [6.07, 6.45) is 4.31. The van der Waals surface area contributed by atoms with Gasteiger partial charge in [0.25, 0.3) is 0 Å². The maximum atomic E-state index is 6.76. The minimum Gasteiger partial charge on any atom is -0.453 e. The largest absolute Gasteiger partial charge is 0.453 e. The maximum Gasteiger partial charge on any atom is 0.178 e. The van der Waals surface area contributed by atoms with Crippen molar-refractivity contribution in [2.75, 3.05) is 0 Å². The predicted molar refractivity (Wildman–Crippen MR) is 203 cm³/mol. The van der Waals surface area contributed by atoms with E-state index >= 15 is 0 Å². The first-order valence-electron chi connectivity index (χ1n) is 16.5. The molecule has 0 radical (unpaired) electrons. The lowest BCUT2D eigenvalue weighted by molar-refractivity contribution is 0.415. The molecular formula is C46H34O2. The van der Waals surface area contributed by atoms with E-state index in [9.17, 15) is 0 Å². The zero-order chi connectivity index (χ0) is 32.6. The molecule has 2 nitrogen and oxygen atoms in total. The van der Waals surface area contributed by atoms with Gasteiger partial charge in [-0.2, -0.15) is 0 Å². The fourth-order valence-corrected chi connectivity index (χ4v) is 7.73. The Hall–Kier alpha value is -5.86. The van der Waals surface area contributed by atoms with Crippen LogP contribution in [-0.4, -0.2) is 0 Å². The first-order chi connectivity index (χ1) is 23.4. The van der Waals surface area contributed by atoms with E-state index in [1.165, 1.54) is 43.8 Å². The van der Waals surface area contributed by atoms with Crippen LogP contribution < -0.4 is 4.74 Å². The van der Waals surface area contributed by atoms with Crippen LogP contribution in [0.25, 0.3) is 72.3 Å². The quantitative estimate of drug-likeness (QED) is 0.145. The molecule has 230 valence electrons. The molecule has 1 aromatic heterocycles. The van der Waals surface area contributed by atoms with Crippen molar-refractivity contribution in [2.45, 2.75) is 26.2 Å². The van der Waals surface area contributed by atoms with Crippen molar-refractivity contribution in [3.63, 3.8) is 0 Å². The van der Waals surface area contributed by atoms with Crippen molar-refractivity contribution in [2.24, 2.45) is 0 Å². The summed E-state index contributed by atoms with van der Waals surface area (Å²) in [7, 11) is 0. The van der Waals surface area contributed by atoms with E-state index in [0.29, 0.717) is 0 Å². The first-order valence-corrected chi connectivity index (χ1v) is 16.5. The van der Waals surface area contributed by atoms with Gasteiger partial charge in [-0.15, -0.1) is 0 Å². The van der Waals surface area contributed by atoms with Crippen LogP contribution in [0.15, 0.2) is 138 Å². The Balaban J connectivity index is 1.14. The fraction of sp³-hybridized carbons (Fsp3) is 0.0870. The maximum absolute atomic E-state index is 6.76. The van der Waals surface area contributed by atoms with E-state index in [0.717, 1.165) is 55.7 Å². The van der Waals surface area contributed by atoms with Crippen molar-refractivity contribution < 1.29 is 9.15 Å². The number of ether oxygens (including phenoxy) is 1. The van der Waals surface area contributed by atoms with Crippen LogP contribution in [0, 0.1) is 0 Å². The Morgan fingerprint density at radius 1 is 0.604 bits per heavy atom. The molecule has 0 saturated carbocycles. The molecule has 2 heteroatoms. The van der Waals surface area contributed by atoms with Gasteiger partial charge in [-0.3, -0.25) is 0 Å². The Labute approximate surface area is 280 Å².